The number of amides is 2. The third-order valence-corrected chi connectivity index (χ3v) is 4.04. The van der Waals surface area contributed by atoms with Gasteiger partial charge in [-0.25, -0.2) is 4.79 Å². The number of hydrogen-bond donors (Lipinski definition) is 3. The van der Waals surface area contributed by atoms with Crippen LogP contribution in [0.3, 0.4) is 0 Å². The highest BCUT2D eigenvalue weighted by atomic mass is 16.4. The Morgan fingerprint density at radius 2 is 1.46 bits per heavy atom. The van der Waals surface area contributed by atoms with E-state index >= 15 is 0 Å². The number of aliphatic carboxylic acids is 1. The Bertz CT molecular complexity index is 640. The molecular weight excluding hydrogens is 332 g/mol. The van der Waals surface area contributed by atoms with Crippen molar-refractivity contribution < 1.29 is 19.5 Å². The molecule has 3 N–H and O–H groups in total. The van der Waals surface area contributed by atoms with Crippen LogP contribution in [0.4, 0.5) is 0 Å². The maximum atomic E-state index is 12.6. The number of carboxylic acid groups (broad SMARTS) is 1. The van der Waals surface area contributed by atoms with Crippen LogP contribution < -0.4 is 10.6 Å². The first-order valence-corrected chi connectivity index (χ1v) is 9.01. The summed E-state index contributed by atoms with van der Waals surface area (Å²) in [6, 6.07) is 5.39. The zero-order valence-corrected chi connectivity index (χ0v) is 16.2. The lowest BCUT2D eigenvalue weighted by atomic mass is 10.00. The molecule has 0 spiro atoms. The standard InChI is InChI=1S/C20H30N2O4/c1-12(2)10-16(19(24)22-17(20(25)26)11-13(3)4)21-18(23)15-9-7-6-8-14(15)5/h6-9,12-13,16-17H,10-11H2,1-5H3,(H,21,23)(H,22,24)(H,25,26)/t16?,17-/m1/s1. The minimum absolute atomic E-state index is 0.126. The Morgan fingerprint density at radius 1 is 0.923 bits per heavy atom. The van der Waals surface area contributed by atoms with Gasteiger partial charge in [-0.1, -0.05) is 45.9 Å². The largest absolute Gasteiger partial charge is 0.480 e. The molecule has 2 atom stereocenters. The van der Waals surface area contributed by atoms with Crippen molar-refractivity contribution in [2.45, 2.75) is 59.5 Å². The predicted molar refractivity (Wildman–Crippen MR) is 101 cm³/mol. The van der Waals surface area contributed by atoms with Crippen LogP contribution in [0.25, 0.3) is 0 Å². The molecule has 0 aliphatic heterocycles. The molecule has 0 saturated heterocycles. The van der Waals surface area contributed by atoms with E-state index in [2.05, 4.69) is 10.6 Å². The molecule has 1 unspecified atom stereocenters. The second-order valence-electron chi connectivity index (χ2n) is 7.50. The molecule has 0 saturated carbocycles. The molecule has 0 aliphatic rings. The van der Waals surface area contributed by atoms with E-state index in [1.54, 1.807) is 12.1 Å². The zero-order chi connectivity index (χ0) is 19.9. The van der Waals surface area contributed by atoms with Gasteiger partial charge in [0.25, 0.3) is 5.91 Å². The van der Waals surface area contributed by atoms with E-state index < -0.39 is 24.0 Å². The van der Waals surface area contributed by atoms with Crippen molar-refractivity contribution in [1.29, 1.82) is 0 Å². The first-order valence-electron chi connectivity index (χ1n) is 9.01. The molecule has 144 valence electrons. The predicted octanol–water partition coefficient (Wildman–Crippen LogP) is 2.76. The average molecular weight is 362 g/mol. The van der Waals surface area contributed by atoms with Crippen LogP contribution in [0.5, 0.6) is 0 Å². The minimum atomic E-state index is -1.07. The Morgan fingerprint density at radius 3 is 1.96 bits per heavy atom. The molecule has 0 aliphatic carbocycles. The van der Waals surface area contributed by atoms with E-state index in [-0.39, 0.29) is 17.7 Å². The van der Waals surface area contributed by atoms with Gasteiger partial charge in [-0.15, -0.1) is 0 Å². The molecule has 0 fully saturated rings. The molecular formula is C20H30N2O4. The Hall–Kier alpha value is -2.37. The second kappa shape index (κ2) is 9.94. The van der Waals surface area contributed by atoms with Crippen LogP contribution in [0, 0.1) is 18.8 Å². The van der Waals surface area contributed by atoms with E-state index in [1.165, 1.54) is 0 Å². The fourth-order valence-corrected chi connectivity index (χ4v) is 2.73. The summed E-state index contributed by atoms with van der Waals surface area (Å²) in [6.07, 6.45) is 0.763. The lowest BCUT2D eigenvalue weighted by Crippen LogP contribution is -2.52. The Kier molecular flexibility index (Phi) is 8.29. The quantitative estimate of drug-likeness (QED) is 0.629. The molecule has 0 bridgehead atoms. The highest BCUT2D eigenvalue weighted by Gasteiger charge is 2.28. The van der Waals surface area contributed by atoms with E-state index in [4.69, 9.17) is 0 Å². The maximum absolute atomic E-state index is 12.6. The fourth-order valence-electron chi connectivity index (χ4n) is 2.73. The smallest absolute Gasteiger partial charge is 0.326 e. The van der Waals surface area contributed by atoms with Crippen molar-refractivity contribution in [2.75, 3.05) is 0 Å². The summed E-state index contributed by atoms with van der Waals surface area (Å²) in [4.78, 5) is 36.6. The summed E-state index contributed by atoms with van der Waals surface area (Å²) in [5, 5.41) is 14.7. The summed E-state index contributed by atoms with van der Waals surface area (Å²) < 4.78 is 0. The van der Waals surface area contributed by atoms with Gasteiger partial charge >= 0.3 is 5.97 Å². The van der Waals surface area contributed by atoms with Gasteiger partial charge in [0.15, 0.2) is 0 Å². The first kappa shape index (κ1) is 21.7. The van der Waals surface area contributed by atoms with Crippen molar-refractivity contribution in [3.63, 3.8) is 0 Å². The summed E-state index contributed by atoms with van der Waals surface area (Å²) >= 11 is 0. The van der Waals surface area contributed by atoms with Crippen molar-refractivity contribution in [2.24, 2.45) is 11.8 Å². The number of rotatable bonds is 9. The molecule has 1 aromatic rings. The summed E-state index contributed by atoms with van der Waals surface area (Å²) in [6.45, 7) is 9.52. The lowest BCUT2D eigenvalue weighted by Gasteiger charge is -2.23. The van der Waals surface area contributed by atoms with Crippen molar-refractivity contribution in [3.8, 4) is 0 Å². The van der Waals surface area contributed by atoms with Crippen LogP contribution in [0.2, 0.25) is 0 Å². The topological polar surface area (TPSA) is 95.5 Å². The van der Waals surface area contributed by atoms with Crippen LogP contribution in [-0.4, -0.2) is 35.0 Å². The van der Waals surface area contributed by atoms with Gasteiger partial charge < -0.3 is 15.7 Å². The zero-order valence-electron chi connectivity index (χ0n) is 16.2. The SMILES string of the molecule is Cc1ccccc1C(=O)NC(CC(C)C)C(=O)N[C@H](CC(C)C)C(=O)O. The normalized spacial score (nSPS) is 13.3. The third-order valence-electron chi connectivity index (χ3n) is 4.04. The summed E-state index contributed by atoms with van der Waals surface area (Å²) in [7, 11) is 0. The summed E-state index contributed by atoms with van der Waals surface area (Å²) in [5.41, 5.74) is 1.32. The number of aryl methyl sites for hydroxylation is 1. The van der Waals surface area contributed by atoms with E-state index in [0.717, 1.165) is 5.56 Å². The van der Waals surface area contributed by atoms with Crippen molar-refractivity contribution in [3.05, 3.63) is 35.4 Å². The molecule has 0 radical (unpaired) electrons. The number of carboxylic acids is 1. The van der Waals surface area contributed by atoms with Gasteiger partial charge in [0.2, 0.25) is 5.91 Å². The van der Waals surface area contributed by atoms with Crippen LogP contribution >= 0.6 is 0 Å². The average Bonchev–Trinajstić information content (AvgIpc) is 2.52. The molecule has 1 rings (SSSR count). The van der Waals surface area contributed by atoms with E-state index in [1.807, 2.05) is 46.8 Å². The number of carbonyl (C=O) groups is 3. The van der Waals surface area contributed by atoms with Gasteiger partial charge in [0, 0.05) is 5.56 Å². The molecule has 1 aromatic carbocycles. The van der Waals surface area contributed by atoms with Gasteiger partial charge in [-0.3, -0.25) is 9.59 Å². The van der Waals surface area contributed by atoms with Crippen LogP contribution in [0.1, 0.15) is 56.5 Å². The van der Waals surface area contributed by atoms with Crippen molar-refractivity contribution in [1.82, 2.24) is 10.6 Å². The van der Waals surface area contributed by atoms with E-state index in [9.17, 15) is 19.5 Å². The summed E-state index contributed by atoms with van der Waals surface area (Å²) in [5.74, 6) is -1.58. The van der Waals surface area contributed by atoms with Gasteiger partial charge in [-0.05, 0) is 43.2 Å². The monoisotopic (exact) mass is 362 g/mol. The van der Waals surface area contributed by atoms with Gasteiger partial charge in [0.1, 0.15) is 12.1 Å². The molecule has 26 heavy (non-hydrogen) atoms. The highest BCUT2D eigenvalue weighted by Crippen LogP contribution is 2.11. The Labute approximate surface area is 155 Å². The van der Waals surface area contributed by atoms with Gasteiger partial charge in [-0.2, -0.15) is 0 Å². The molecule has 0 aromatic heterocycles. The fraction of sp³-hybridized carbons (Fsp3) is 0.550. The van der Waals surface area contributed by atoms with Crippen LogP contribution in [-0.2, 0) is 9.59 Å². The maximum Gasteiger partial charge on any atom is 0.326 e. The number of benzene rings is 1. The number of hydrogen-bond acceptors (Lipinski definition) is 3. The molecule has 2 amide bonds. The highest BCUT2D eigenvalue weighted by molar-refractivity contribution is 5.99. The molecule has 6 nitrogen and oxygen atoms in total. The first-order chi connectivity index (χ1) is 12.1. The number of carbonyl (C=O) groups excluding carboxylic acids is 2. The molecule has 0 heterocycles. The molecule has 6 heteroatoms. The van der Waals surface area contributed by atoms with Crippen LogP contribution in [0.15, 0.2) is 24.3 Å². The van der Waals surface area contributed by atoms with Gasteiger partial charge in [0.05, 0.1) is 0 Å². The third kappa shape index (κ3) is 6.86. The van der Waals surface area contributed by atoms with Crippen molar-refractivity contribution >= 4 is 17.8 Å². The Balaban J connectivity index is 2.91. The second-order valence-corrected chi connectivity index (χ2v) is 7.50. The minimum Gasteiger partial charge on any atom is -0.480 e. The van der Waals surface area contributed by atoms with E-state index in [0.29, 0.717) is 18.4 Å². The lowest BCUT2D eigenvalue weighted by molar-refractivity contribution is -0.142. The number of nitrogens with one attached hydrogen (secondary N) is 2.